The Labute approximate surface area is 191 Å². The Balaban J connectivity index is 1.90. The number of rotatable bonds is 6. The lowest BCUT2D eigenvalue weighted by Gasteiger charge is -2.16. The molecule has 7 nitrogen and oxygen atoms in total. The molecule has 0 saturated heterocycles. The fraction of sp³-hybridized carbons (Fsp3) is 0.250. The van der Waals surface area contributed by atoms with E-state index in [0.29, 0.717) is 27.7 Å². The van der Waals surface area contributed by atoms with E-state index in [1.165, 1.54) is 6.07 Å². The van der Waals surface area contributed by atoms with E-state index in [0.717, 1.165) is 10.2 Å². The van der Waals surface area contributed by atoms with Gasteiger partial charge in [0.25, 0.3) is 5.56 Å². The number of halogens is 1. The van der Waals surface area contributed by atoms with Crippen LogP contribution in [0.5, 0.6) is 0 Å². The van der Waals surface area contributed by atoms with E-state index in [4.69, 9.17) is 11.6 Å². The molecular formula is C24H25ClN4O3. The quantitative estimate of drug-likeness (QED) is 0.568. The average Bonchev–Trinajstić information content (AvgIpc) is 2.76. The van der Waals surface area contributed by atoms with Gasteiger partial charge in [-0.1, -0.05) is 49.7 Å². The number of amides is 2. The Morgan fingerprint density at radius 3 is 2.31 bits per heavy atom. The monoisotopic (exact) mass is 452 g/mol. The highest BCUT2D eigenvalue weighted by molar-refractivity contribution is 6.33. The van der Waals surface area contributed by atoms with Crippen LogP contribution in [0.2, 0.25) is 5.02 Å². The predicted octanol–water partition coefficient (Wildman–Crippen LogP) is 4.67. The predicted molar refractivity (Wildman–Crippen MR) is 127 cm³/mol. The minimum atomic E-state index is -0.871. The summed E-state index contributed by atoms with van der Waals surface area (Å²) < 4.78 is 1.13. The summed E-state index contributed by atoms with van der Waals surface area (Å²) in [5.41, 5.74) is 2.84. The molecule has 1 heterocycles. The number of aryl methyl sites for hydroxylation is 1. The second-order valence-electron chi connectivity index (χ2n) is 7.82. The number of para-hydroxylation sites is 1. The van der Waals surface area contributed by atoms with Crippen LogP contribution in [-0.2, 0) is 9.59 Å². The largest absolute Gasteiger partial charge is 0.326 e. The van der Waals surface area contributed by atoms with Crippen LogP contribution < -0.4 is 16.2 Å². The Bertz CT molecular complexity index is 1220. The highest BCUT2D eigenvalue weighted by Crippen LogP contribution is 2.25. The lowest BCUT2D eigenvalue weighted by atomic mass is 10.1. The topological polar surface area (TPSA) is 93.1 Å². The van der Waals surface area contributed by atoms with Gasteiger partial charge in [-0.2, -0.15) is 5.10 Å². The molecule has 0 saturated carbocycles. The molecule has 3 rings (SSSR count). The van der Waals surface area contributed by atoms with E-state index in [9.17, 15) is 14.4 Å². The standard InChI is InChI=1S/C24H25ClN4O3/c1-14(2)23(31)27-21-13-17(10-9-15(21)3)19-11-12-22(30)29(28-19)16(4)24(32)26-20-8-6-5-7-18(20)25/h5-14,16H,1-4H3,(H,26,32)(H,27,31)/t16-/m0/s1. The minimum Gasteiger partial charge on any atom is -0.326 e. The first-order valence-electron chi connectivity index (χ1n) is 10.2. The third kappa shape index (κ3) is 5.23. The summed E-state index contributed by atoms with van der Waals surface area (Å²) in [7, 11) is 0. The van der Waals surface area contributed by atoms with Crippen molar-refractivity contribution in [2.75, 3.05) is 10.6 Å². The van der Waals surface area contributed by atoms with Gasteiger partial charge in [-0.3, -0.25) is 14.4 Å². The molecule has 0 bridgehead atoms. The fourth-order valence-electron chi connectivity index (χ4n) is 2.96. The van der Waals surface area contributed by atoms with Crippen molar-refractivity contribution in [3.8, 4) is 11.3 Å². The van der Waals surface area contributed by atoms with Gasteiger partial charge in [-0.15, -0.1) is 0 Å². The van der Waals surface area contributed by atoms with Gasteiger partial charge in [-0.25, -0.2) is 4.68 Å². The molecule has 2 N–H and O–H groups in total. The Kier molecular flexibility index (Phi) is 7.10. The highest BCUT2D eigenvalue weighted by atomic mass is 35.5. The number of nitrogens with one attached hydrogen (secondary N) is 2. The van der Waals surface area contributed by atoms with Crippen molar-refractivity contribution in [2.24, 2.45) is 5.92 Å². The summed E-state index contributed by atoms with van der Waals surface area (Å²) in [6.07, 6.45) is 0. The van der Waals surface area contributed by atoms with Crippen LogP contribution in [0.25, 0.3) is 11.3 Å². The summed E-state index contributed by atoms with van der Waals surface area (Å²) in [6, 6.07) is 14.5. The number of carbonyl (C=O) groups excluding carboxylic acids is 2. The maximum atomic E-state index is 12.7. The Hall–Kier alpha value is -3.45. The first-order chi connectivity index (χ1) is 15.2. The van der Waals surface area contributed by atoms with E-state index in [1.54, 1.807) is 43.3 Å². The van der Waals surface area contributed by atoms with Crippen LogP contribution in [0.4, 0.5) is 11.4 Å². The highest BCUT2D eigenvalue weighted by Gasteiger charge is 2.19. The van der Waals surface area contributed by atoms with E-state index in [1.807, 2.05) is 32.9 Å². The van der Waals surface area contributed by atoms with Crippen molar-refractivity contribution >= 4 is 34.8 Å². The Morgan fingerprint density at radius 2 is 1.62 bits per heavy atom. The van der Waals surface area contributed by atoms with Gasteiger partial charge in [-0.05, 0) is 43.7 Å². The van der Waals surface area contributed by atoms with E-state index in [2.05, 4.69) is 15.7 Å². The summed E-state index contributed by atoms with van der Waals surface area (Å²) in [6.45, 7) is 7.13. The van der Waals surface area contributed by atoms with Gasteiger partial charge in [0.05, 0.1) is 16.4 Å². The van der Waals surface area contributed by atoms with Gasteiger partial charge in [0.15, 0.2) is 0 Å². The molecule has 0 unspecified atom stereocenters. The second-order valence-corrected chi connectivity index (χ2v) is 8.23. The first-order valence-corrected chi connectivity index (χ1v) is 10.6. The summed E-state index contributed by atoms with van der Waals surface area (Å²) in [4.78, 5) is 37.3. The molecule has 3 aromatic rings. The van der Waals surface area contributed by atoms with Crippen molar-refractivity contribution in [2.45, 2.75) is 33.7 Å². The van der Waals surface area contributed by atoms with Crippen LogP contribution in [-0.4, -0.2) is 21.6 Å². The van der Waals surface area contributed by atoms with Crippen molar-refractivity contribution in [1.29, 1.82) is 0 Å². The number of carbonyl (C=O) groups is 2. The molecule has 166 valence electrons. The SMILES string of the molecule is Cc1ccc(-c2ccc(=O)n([C@@H](C)C(=O)Nc3ccccc3Cl)n2)cc1NC(=O)C(C)C. The second kappa shape index (κ2) is 9.78. The van der Waals surface area contributed by atoms with Crippen LogP contribution in [0.3, 0.4) is 0 Å². The number of aromatic nitrogens is 2. The minimum absolute atomic E-state index is 0.0898. The molecule has 0 aliphatic heterocycles. The summed E-state index contributed by atoms with van der Waals surface area (Å²) >= 11 is 6.11. The van der Waals surface area contributed by atoms with E-state index >= 15 is 0 Å². The number of hydrogen-bond acceptors (Lipinski definition) is 4. The van der Waals surface area contributed by atoms with Crippen LogP contribution >= 0.6 is 11.6 Å². The van der Waals surface area contributed by atoms with Crippen LogP contribution in [0, 0.1) is 12.8 Å². The third-order valence-electron chi connectivity index (χ3n) is 5.02. The maximum Gasteiger partial charge on any atom is 0.267 e. The Morgan fingerprint density at radius 1 is 0.938 bits per heavy atom. The molecule has 0 aliphatic carbocycles. The normalized spacial score (nSPS) is 11.8. The molecule has 1 aromatic heterocycles. The van der Waals surface area contributed by atoms with Crippen LogP contribution in [0.15, 0.2) is 59.4 Å². The zero-order valence-corrected chi connectivity index (χ0v) is 19.1. The van der Waals surface area contributed by atoms with Gasteiger partial charge < -0.3 is 10.6 Å². The van der Waals surface area contributed by atoms with Crippen molar-refractivity contribution in [3.63, 3.8) is 0 Å². The molecule has 8 heteroatoms. The number of hydrogen-bond donors (Lipinski definition) is 2. The lowest BCUT2D eigenvalue weighted by Crippen LogP contribution is -2.33. The molecule has 0 aliphatic rings. The average molecular weight is 453 g/mol. The van der Waals surface area contributed by atoms with Crippen molar-refractivity contribution < 1.29 is 9.59 Å². The zero-order valence-electron chi connectivity index (χ0n) is 18.3. The van der Waals surface area contributed by atoms with Crippen molar-refractivity contribution in [3.05, 3.63) is 75.5 Å². The molecular weight excluding hydrogens is 428 g/mol. The van der Waals surface area contributed by atoms with E-state index < -0.39 is 17.5 Å². The molecule has 2 amide bonds. The number of benzene rings is 2. The fourth-order valence-corrected chi connectivity index (χ4v) is 3.14. The molecule has 1 atom stereocenters. The van der Waals surface area contributed by atoms with Gasteiger partial charge in [0.1, 0.15) is 6.04 Å². The van der Waals surface area contributed by atoms with Crippen molar-refractivity contribution in [1.82, 2.24) is 9.78 Å². The molecule has 0 spiro atoms. The zero-order chi connectivity index (χ0) is 23.4. The molecule has 2 aromatic carbocycles. The van der Waals surface area contributed by atoms with E-state index in [-0.39, 0.29) is 11.8 Å². The smallest absolute Gasteiger partial charge is 0.267 e. The third-order valence-corrected chi connectivity index (χ3v) is 5.35. The maximum absolute atomic E-state index is 12.7. The van der Waals surface area contributed by atoms with Crippen LogP contribution in [0.1, 0.15) is 32.4 Å². The number of nitrogens with zero attached hydrogens (tertiary/aromatic N) is 2. The lowest BCUT2D eigenvalue weighted by molar-refractivity contribution is -0.119. The molecule has 0 radical (unpaired) electrons. The molecule has 0 fully saturated rings. The number of anilines is 2. The first kappa shape index (κ1) is 23.2. The van der Waals surface area contributed by atoms with Gasteiger partial charge in [0, 0.05) is 23.2 Å². The summed E-state index contributed by atoms with van der Waals surface area (Å²) in [5.74, 6) is -0.665. The van der Waals surface area contributed by atoms with Gasteiger partial charge >= 0.3 is 0 Å². The van der Waals surface area contributed by atoms with Gasteiger partial charge in [0.2, 0.25) is 11.8 Å². The summed E-state index contributed by atoms with van der Waals surface area (Å²) in [5, 5.41) is 10.4. The molecule has 32 heavy (non-hydrogen) atoms.